The SMILES string of the molecule is CP(C)(=O)c1ccccc1Nc1nc(Nc2ccc(C(=O)NC3CCNCC3)c(F)c2)ncc1Cl. The van der Waals surface area contributed by atoms with Crippen LogP contribution in [0.5, 0.6) is 0 Å². The molecule has 0 bridgehead atoms. The Morgan fingerprint density at radius 3 is 2.60 bits per heavy atom. The fraction of sp³-hybridized carbons (Fsp3) is 0.292. The normalized spacial score (nSPS) is 14.4. The number of amides is 1. The molecule has 8 nitrogen and oxygen atoms in total. The van der Waals surface area contributed by atoms with Gasteiger partial charge in [-0.15, -0.1) is 0 Å². The first-order valence-corrected chi connectivity index (χ1v) is 14.2. The van der Waals surface area contributed by atoms with Crippen molar-refractivity contribution in [2.24, 2.45) is 0 Å². The van der Waals surface area contributed by atoms with Crippen molar-refractivity contribution in [3.8, 4) is 0 Å². The van der Waals surface area contributed by atoms with Crippen LogP contribution < -0.4 is 26.6 Å². The van der Waals surface area contributed by atoms with Gasteiger partial charge in [-0.05, 0) is 69.6 Å². The largest absolute Gasteiger partial charge is 0.349 e. The van der Waals surface area contributed by atoms with E-state index in [-0.39, 0.29) is 22.6 Å². The topological polar surface area (TPSA) is 108 Å². The molecule has 1 aliphatic rings. The van der Waals surface area contributed by atoms with Crippen molar-refractivity contribution in [2.75, 3.05) is 37.1 Å². The summed E-state index contributed by atoms with van der Waals surface area (Å²) in [6.45, 7) is 5.03. The lowest BCUT2D eigenvalue weighted by Gasteiger charge is -2.23. The van der Waals surface area contributed by atoms with Crippen LogP contribution in [0.25, 0.3) is 0 Å². The summed E-state index contributed by atoms with van der Waals surface area (Å²) in [7, 11) is -2.55. The van der Waals surface area contributed by atoms with Gasteiger partial charge in [0.05, 0.1) is 17.4 Å². The summed E-state index contributed by atoms with van der Waals surface area (Å²) in [6, 6.07) is 11.5. The van der Waals surface area contributed by atoms with Gasteiger partial charge in [0.2, 0.25) is 5.95 Å². The molecule has 0 saturated carbocycles. The number of rotatable bonds is 7. The maximum Gasteiger partial charge on any atom is 0.254 e. The summed E-state index contributed by atoms with van der Waals surface area (Å²) in [6.07, 6.45) is 3.04. The molecule has 0 radical (unpaired) electrons. The van der Waals surface area contributed by atoms with E-state index in [0.29, 0.717) is 22.5 Å². The molecule has 1 aromatic heterocycles. The van der Waals surface area contributed by atoms with Gasteiger partial charge in [0, 0.05) is 17.0 Å². The van der Waals surface area contributed by atoms with Crippen LogP contribution in [0.3, 0.4) is 0 Å². The Bertz CT molecular complexity index is 1280. The Hall–Kier alpha value is -3.00. The van der Waals surface area contributed by atoms with E-state index in [1.165, 1.54) is 18.3 Å². The van der Waals surface area contributed by atoms with E-state index in [9.17, 15) is 13.8 Å². The Morgan fingerprint density at radius 2 is 1.89 bits per heavy atom. The number of hydrogen-bond donors (Lipinski definition) is 4. The third-order valence-corrected chi connectivity index (χ3v) is 7.45. The van der Waals surface area contributed by atoms with Crippen LogP contribution in [-0.4, -0.2) is 48.3 Å². The Kier molecular flexibility index (Phi) is 7.69. The highest BCUT2D eigenvalue weighted by Gasteiger charge is 2.20. The zero-order valence-corrected chi connectivity index (χ0v) is 21.1. The second-order valence-corrected chi connectivity index (χ2v) is 12.3. The van der Waals surface area contributed by atoms with Crippen LogP contribution in [0.4, 0.5) is 27.5 Å². The lowest BCUT2D eigenvalue weighted by molar-refractivity contribution is 0.0925. The van der Waals surface area contributed by atoms with E-state index >= 15 is 0 Å². The van der Waals surface area contributed by atoms with E-state index in [0.717, 1.165) is 25.9 Å². The van der Waals surface area contributed by atoms with Crippen molar-refractivity contribution in [1.82, 2.24) is 20.6 Å². The number of benzene rings is 2. The van der Waals surface area contributed by atoms with E-state index in [1.807, 2.05) is 12.1 Å². The second kappa shape index (κ2) is 10.7. The zero-order valence-electron chi connectivity index (χ0n) is 19.4. The van der Waals surface area contributed by atoms with Crippen molar-refractivity contribution < 1.29 is 13.8 Å². The lowest BCUT2D eigenvalue weighted by atomic mass is 10.1. The van der Waals surface area contributed by atoms with Gasteiger partial charge >= 0.3 is 0 Å². The molecule has 0 atom stereocenters. The Balaban J connectivity index is 1.49. The molecule has 3 aromatic rings. The fourth-order valence-electron chi connectivity index (χ4n) is 3.83. The molecule has 0 unspecified atom stereocenters. The highest BCUT2D eigenvalue weighted by atomic mass is 35.5. The van der Waals surface area contributed by atoms with Crippen molar-refractivity contribution in [3.63, 3.8) is 0 Å². The number of nitrogens with zero attached hydrogens (tertiary/aromatic N) is 2. The molecule has 1 amide bonds. The predicted octanol–water partition coefficient (Wildman–Crippen LogP) is 4.49. The minimum atomic E-state index is -2.55. The predicted molar refractivity (Wildman–Crippen MR) is 139 cm³/mol. The van der Waals surface area contributed by atoms with Gasteiger partial charge in [-0.2, -0.15) is 4.98 Å². The van der Waals surface area contributed by atoms with E-state index in [1.54, 1.807) is 31.5 Å². The van der Waals surface area contributed by atoms with Crippen molar-refractivity contribution >= 4 is 53.1 Å². The highest BCUT2D eigenvalue weighted by molar-refractivity contribution is 7.70. The van der Waals surface area contributed by atoms with Gasteiger partial charge in [-0.1, -0.05) is 23.7 Å². The molecule has 4 rings (SSSR count). The fourth-order valence-corrected chi connectivity index (χ4v) is 5.12. The van der Waals surface area contributed by atoms with Gasteiger partial charge in [0.25, 0.3) is 5.91 Å². The maximum absolute atomic E-state index is 14.7. The molecule has 2 aromatic carbocycles. The highest BCUT2D eigenvalue weighted by Crippen LogP contribution is 2.38. The van der Waals surface area contributed by atoms with Gasteiger partial charge in [0.1, 0.15) is 18.0 Å². The molecule has 11 heteroatoms. The lowest BCUT2D eigenvalue weighted by Crippen LogP contribution is -2.42. The van der Waals surface area contributed by atoms with E-state index in [4.69, 9.17) is 11.6 Å². The summed E-state index contributed by atoms with van der Waals surface area (Å²) < 4.78 is 27.4. The van der Waals surface area contributed by atoms with E-state index < -0.39 is 18.9 Å². The minimum absolute atomic E-state index is 0.0198. The molecule has 0 spiro atoms. The first kappa shape index (κ1) is 25.1. The monoisotopic (exact) mass is 516 g/mol. The third kappa shape index (κ3) is 6.36. The van der Waals surface area contributed by atoms with Crippen molar-refractivity contribution in [2.45, 2.75) is 18.9 Å². The molecule has 1 fully saturated rings. The average molecular weight is 517 g/mol. The van der Waals surface area contributed by atoms with Crippen molar-refractivity contribution in [3.05, 3.63) is 65.1 Å². The summed E-state index contributed by atoms with van der Waals surface area (Å²) >= 11 is 6.28. The molecule has 2 heterocycles. The number of aromatic nitrogens is 2. The second-order valence-electron chi connectivity index (χ2n) is 8.70. The smallest absolute Gasteiger partial charge is 0.254 e. The standard InChI is InChI=1S/C24H27ClFN6O2P/c1-35(2,34)21-6-4-3-5-20(21)31-22-18(25)14-28-24(32-22)30-16-7-8-17(19(26)13-16)23(33)29-15-9-11-27-12-10-15/h3-8,13-15,27H,9-12H2,1-2H3,(H,29,33)(H2,28,30,31,32). The summed E-state index contributed by atoms with van der Waals surface area (Å²) in [5, 5.41) is 13.1. The van der Waals surface area contributed by atoms with Crippen molar-refractivity contribution in [1.29, 1.82) is 0 Å². The quantitative estimate of drug-likeness (QED) is 0.343. The number of carbonyl (C=O) groups is 1. The Morgan fingerprint density at radius 1 is 1.14 bits per heavy atom. The van der Waals surface area contributed by atoms with Gasteiger partial charge in [0.15, 0.2) is 5.82 Å². The van der Waals surface area contributed by atoms with Gasteiger partial charge < -0.3 is 25.8 Å². The van der Waals surface area contributed by atoms with Crippen LogP contribution in [0.2, 0.25) is 5.02 Å². The first-order chi connectivity index (χ1) is 16.7. The molecule has 4 N–H and O–H groups in total. The summed E-state index contributed by atoms with van der Waals surface area (Å²) in [5.74, 6) is -0.595. The van der Waals surface area contributed by atoms with Crippen LogP contribution in [0.15, 0.2) is 48.7 Å². The number of nitrogens with one attached hydrogen (secondary N) is 4. The number of carbonyl (C=O) groups excluding carboxylic acids is 1. The minimum Gasteiger partial charge on any atom is -0.349 e. The molecule has 1 aliphatic heterocycles. The number of para-hydroxylation sites is 1. The Labute approximate surface area is 208 Å². The first-order valence-electron chi connectivity index (χ1n) is 11.2. The van der Waals surface area contributed by atoms with Crippen LogP contribution in [0, 0.1) is 5.82 Å². The van der Waals surface area contributed by atoms with Crippen LogP contribution in [0.1, 0.15) is 23.2 Å². The molecular formula is C24H27ClFN6O2P. The molecule has 0 aliphatic carbocycles. The average Bonchev–Trinajstić information content (AvgIpc) is 2.81. The number of piperidine rings is 1. The van der Waals surface area contributed by atoms with Gasteiger partial charge in [-0.25, -0.2) is 9.37 Å². The van der Waals surface area contributed by atoms with Gasteiger partial charge in [-0.3, -0.25) is 4.79 Å². The number of hydrogen-bond acceptors (Lipinski definition) is 7. The molecule has 35 heavy (non-hydrogen) atoms. The number of anilines is 4. The molecule has 1 saturated heterocycles. The van der Waals surface area contributed by atoms with Crippen LogP contribution in [-0.2, 0) is 4.57 Å². The summed E-state index contributed by atoms with van der Waals surface area (Å²) in [4.78, 5) is 21.0. The zero-order chi connectivity index (χ0) is 25.0. The third-order valence-electron chi connectivity index (χ3n) is 5.63. The maximum atomic E-state index is 14.7. The summed E-state index contributed by atoms with van der Waals surface area (Å²) in [5.41, 5.74) is 0.984. The number of halogens is 2. The van der Waals surface area contributed by atoms with E-state index in [2.05, 4.69) is 31.2 Å². The van der Waals surface area contributed by atoms with Crippen LogP contribution >= 0.6 is 18.7 Å². The molecule has 184 valence electrons. The molecular weight excluding hydrogens is 490 g/mol.